The number of nitrogens with one attached hydrogen (secondary N) is 1. The summed E-state index contributed by atoms with van der Waals surface area (Å²) >= 11 is 0. The van der Waals surface area contributed by atoms with Gasteiger partial charge in [0.05, 0.1) is 5.60 Å². The SMILES string of the molecule is CC(C)(C)OC(=O)N1C2CCC1CC(O)(c1ccccc1)C2.CCCCCNC(=O)N1[C@@H]2CC[C@H]1C[C@H](c1ccccc1)C2. The third-order valence-electron chi connectivity index (χ3n) is 9.98. The van der Waals surface area contributed by atoms with E-state index in [0.717, 1.165) is 44.2 Å². The number of urea groups is 1. The van der Waals surface area contributed by atoms with E-state index in [1.807, 2.05) is 56.0 Å². The summed E-state index contributed by atoms with van der Waals surface area (Å²) in [7, 11) is 0. The van der Waals surface area contributed by atoms with Crippen molar-refractivity contribution in [2.75, 3.05) is 6.54 Å². The molecule has 7 heteroatoms. The van der Waals surface area contributed by atoms with Crippen molar-refractivity contribution >= 4 is 12.1 Å². The molecule has 0 aromatic heterocycles. The molecule has 0 aliphatic carbocycles. The summed E-state index contributed by atoms with van der Waals surface area (Å²) < 4.78 is 5.54. The van der Waals surface area contributed by atoms with Crippen LogP contribution in [0.2, 0.25) is 0 Å². The number of unbranched alkanes of at least 4 members (excludes halogenated alkanes) is 2. The van der Waals surface area contributed by atoms with Crippen LogP contribution in [0.25, 0.3) is 0 Å². The van der Waals surface area contributed by atoms with Crippen LogP contribution in [-0.4, -0.2) is 63.3 Å². The molecule has 0 radical (unpaired) electrons. The van der Waals surface area contributed by atoms with Crippen LogP contribution >= 0.6 is 0 Å². The molecule has 2 unspecified atom stereocenters. The summed E-state index contributed by atoms with van der Waals surface area (Å²) in [6.07, 6.45) is 10.9. The van der Waals surface area contributed by atoms with Crippen molar-refractivity contribution in [1.82, 2.24) is 15.1 Å². The van der Waals surface area contributed by atoms with E-state index in [2.05, 4.69) is 47.5 Å². The number of carbonyl (C=O) groups is 2. The van der Waals surface area contributed by atoms with Gasteiger partial charge in [-0.15, -0.1) is 0 Å². The molecule has 4 heterocycles. The van der Waals surface area contributed by atoms with Crippen LogP contribution in [0.4, 0.5) is 9.59 Å². The van der Waals surface area contributed by atoms with Crippen molar-refractivity contribution in [3.8, 4) is 0 Å². The summed E-state index contributed by atoms with van der Waals surface area (Å²) in [4.78, 5) is 28.9. The molecule has 7 nitrogen and oxygen atoms in total. The molecule has 4 saturated heterocycles. The van der Waals surface area contributed by atoms with E-state index in [4.69, 9.17) is 4.74 Å². The number of nitrogens with zero attached hydrogens (tertiary/aromatic N) is 2. The van der Waals surface area contributed by atoms with Gasteiger partial charge in [-0.1, -0.05) is 80.4 Å². The first-order chi connectivity index (χ1) is 21.1. The van der Waals surface area contributed by atoms with Gasteiger partial charge in [0.25, 0.3) is 0 Å². The molecular formula is C37H53N3O4. The van der Waals surface area contributed by atoms with Crippen molar-refractivity contribution in [2.45, 2.75) is 140 Å². The first-order valence-corrected chi connectivity index (χ1v) is 17.0. The summed E-state index contributed by atoms with van der Waals surface area (Å²) in [6.45, 7) is 8.67. The molecule has 6 rings (SSSR count). The molecule has 0 saturated carbocycles. The maximum atomic E-state index is 12.5. The van der Waals surface area contributed by atoms with Crippen LogP contribution in [0.5, 0.6) is 0 Å². The number of ether oxygens (including phenoxy) is 1. The smallest absolute Gasteiger partial charge is 0.410 e. The van der Waals surface area contributed by atoms with E-state index in [0.29, 0.717) is 30.8 Å². The lowest BCUT2D eigenvalue weighted by atomic mass is 9.81. The summed E-state index contributed by atoms with van der Waals surface area (Å²) in [5.74, 6) is 0.628. The summed E-state index contributed by atoms with van der Waals surface area (Å²) in [6, 6.07) is 21.8. The molecule has 2 N–H and O–H groups in total. The molecule has 240 valence electrons. The number of fused-ring (bicyclic) bond motifs is 4. The third kappa shape index (κ3) is 7.59. The lowest BCUT2D eigenvalue weighted by Crippen LogP contribution is -2.53. The highest BCUT2D eigenvalue weighted by atomic mass is 16.6. The van der Waals surface area contributed by atoms with Crippen molar-refractivity contribution in [3.63, 3.8) is 0 Å². The number of amides is 3. The second-order valence-corrected chi connectivity index (χ2v) is 14.4. The Morgan fingerprint density at radius 3 is 1.93 bits per heavy atom. The van der Waals surface area contributed by atoms with Crippen LogP contribution < -0.4 is 5.32 Å². The van der Waals surface area contributed by atoms with Gasteiger partial charge in [0.15, 0.2) is 0 Å². The topological polar surface area (TPSA) is 82.1 Å². The van der Waals surface area contributed by atoms with E-state index in [1.54, 1.807) is 0 Å². The van der Waals surface area contributed by atoms with Crippen LogP contribution in [-0.2, 0) is 10.3 Å². The van der Waals surface area contributed by atoms with Crippen molar-refractivity contribution in [2.24, 2.45) is 0 Å². The molecule has 3 amide bonds. The predicted octanol–water partition coefficient (Wildman–Crippen LogP) is 7.73. The van der Waals surface area contributed by atoms with Gasteiger partial charge in [-0.05, 0) is 82.8 Å². The zero-order valence-electron chi connectivity index (χ0n) is 27.2. The normalized spacial score (nSPS) is 29.1. The Labute approximate surface area is 264 Å². The molecule has 2 aromatic rings. The Morgan fingerprint density at radius 1 is 0.841 bits per heavy atom. The Balaban J connectivity index is 0.000000175. The highest BCUT2D eigenvalue weighted by molar-refractivity contribution is 5.75. The number of benzene rings is 2. The molecular weight excluding hydrogens is 550 g/mol. The van der Waals surface area contributed by atoms with Crippen molar-refractivity contribution in [1.29, 1.82) is 0 Å². The second kappa shape index (κ2) is 13.9. The third-order valence-corrected chi connectivity index (χ3v) is 9.98. The minimum absolute atomic E-state index is 0.0683. The van der Waals surface area contributed by atoms with E-state index in [9.17, 15) is 14.7 Å². The minimum Gasteiger partial charge on any atom is -0.444 e. The predicted molar refractivity (Wildman–Crippen MR) is 174 cm³/mol. The number of piperidine rings is 2. The first kappa shape index (κ1) is 32.3. The van der Waals surface area contributed by atoms with Gasteiger partial charge in [0, 0.05) is 43.6 Å². The lowest BCUT2D eigenvalue weighted by Gasteiger charge is -2.44. The summed E-state index contributed by atoms with van der Waals surface area (Å²) in [5, 5.41) is 14.2. The number of carbonyl (C=O) groups excluding carboxylic acids is 2. The van der Waals surface area contributed by atoms with Crippen molar-refractivity contribution < 1.29 is 19.4 Å². The molecule has 4 fully saturated rings. The zero-order valence-corrected chi connectivity index (χ0v) is 27.2. The number of hydrogen-bond acceptors (Lipinski definition) is 4. The molecule has 4 aliphatic heterocycles. The van der Waals surface area contributed by atoms with Gasteiger partial charge in [0.1, 0.15) is 5.60 Å². The summed E-state index contributed by atoms with van der Waals surface area (Å²) in [5.41, 5.74) is 1.09. The first-order valence-electron chi connectivity index (χ1n) is 17.0. The molecule has 4 bridgehead atoms. The number of rotatable bonds is 6. The highest BCUT2D eigenvalue weighted by Gasteiger charge is 2.51. The van der Waals surface area contributed by atoms with Gasteiger partial charge in [0.2, 0.25) is 0 Å². The standard InChI is InChI=1S/C19H28N2O.C18H25NO3/c1-2-3-7-12-20-19(22)21-17-10-11-18(21)14-16(13-17)15-8-5-4-6-9-15;1-17(2,3)22-16(20)19-14-9-10-15(19)12-18(21,11-14)13-7-5-4-6-8-13/h4-6,8-9,16-18H,2-3,7,10-14H2,1H3,(H,20,22);4-8,14-15,21H,9-12H2,1-3H3/t16-,17-,18+;. The fourth-order valence-electron chi connectivity index (χ4n) is 7.99. The average molecular weight is 604 g/mol. The zero-order chi connectivity index (χ0) is 31.3. The van der Waals surface area contributed by atoms with Crippen LogP contribution in [0.15, 0.2) is 60.7 Å². The maximum Gasteiger partial charge on any atom is 0.410 e. The van der Waals surface area contributed by atoms with Gasteiger partial charge in [-0.3, -0.25) is 0 Å². The molecule has 4 aliphatic rings. The van der Waals surface area contributed by atoms with Crippen LogP contribution in [0, 0.1) is 0 Å². The van der Waals surface area contributed by atoms with E-state index in [1.165, 1.54) is 31.2 Å². The Morgan fingerprint density at radius 2 is 1.39 bits per heavy atom. The maximum absolute atomic E-state index is 12.5. The highest BCUT2D eigenvalue weighted by Crippen LogP contribution is 2.46. The average Bonchev–Trinajstić information content (AvgIpc) is 3.44. The number of aliphatic hydroxyl groups is 1. The van der Waals surface area contributed by atoms with Crippen LogP contribution in [0.1, 0.15) is 115 Å². The van der Waals surface area contributed by atoms with E-state index < -0.39 is 11.2 Å². The number of hydrogen-bond donors (Lipinski definition) is 2. The van der Waals surface area contributed by atoms with E-state index in [-0.39, 0.29) is 24.2 Å². The molecule has 44 heavy (non-hydrogen) atoms. The fourth-order valence-corrected chi connectivity index (χ4v) is 7.99. The Kier molecular flexibility index (Phi) is 10.2. The molecule has 0 spiro atoms. The van der Waals surface area contributed by atoms with Gasteiger partial charge >= 0.3 is 12.1 Å². The van der Waals surface area contributed by atoms with E-state index >= 15 is 0 Å². The Bertz CT molecular complexity index is 1200. The van der Waals surface area contributed by atoms with Gasteiger partial charge < -0.3 is 25.0 Å². The fraction of sp³-hybridized carbons (Fsp3) is 0.622. The largest absolute Gasteiger partial charge is 0.444 e. The monoisotopic (exact) mass is 603 g/mol. The van der Waals surface area contributed by atoms with Crippen LogP contribution in [0.3, 0.4) is 0 Å². The lowest BCUT2D eigenvalue weighted by molar-refractivity contribution is -0.0624. The van der Waals surface area contributed by atoms with Crippen molar-refractivity contribution in [3.05, 3.63) is 71.8 Å². The minimum atomic E-state index is -0.828. The molecule has 2 aromatic carbocycles. The van der Waals surface area contributed by atoms with Gasteiger partial charge in [-0.2, -0.15) is 0 Å². The second-order valence-electron chi connectivity index (χ2n) is 14.4. The Hall–Kier alpha value is -3.06. The molecule has 5 atom stereocenters. The van der Waals surface area contributed by atoms with Gasteiger partial charge in [-0.25, -0.2) is 9.59 Å². The quantitative estimate of drug-likeness (QED) is 0.331.